The molecule has 0 unspecified atom stereocenters. The Morgan fingerprint density at radius 2 is 1.72 bits per heavy atom. The second kappa shape index (κ2) is 6.27. The van der Waals surface area contributed by atoms with Crippen molar-refractivity contribution in [3.8, 4) is 17.6 Å². The molecule has 0 radical (unpaired) electrons. The lowest BCUT2D eigenvalue weighted by atomic mass is 10.2. The fourth-order valence-electron chi connectivity index (χ4n) is 1.42. The van der Waals surface area contributed by atoms with E-state index in [4.69, 9.17) is 4.74 Å². The lowest BCUT2D eigenvalue weighted by molar-refractivity contribution is 0.112. The minimum Gasteiger partial charge on any atom is -0.481 e. The number of hydrogen-bond donors (Lipinski definition) is 0. The normalized spacial score (nSPS) is 9.11. The number of rotatable bonds is 3. The molecular weight excluding hydrogens is 224 g/mol. The minimum atomic E-state index is 0.329. The van der Waals surface area contributed by atoms with Gasteiger partial charge in [0.1, 0.15) is 18.6 Å². The van der Waals surface area contributed by atoms with E-state index in [2.05, 4.69) is 11.8 Å². The van der Waals surface area contributed by atoms with Gasteiger partial charge in [0.2, 0.25) is 0 Å². The average molecular weight is 236 g/mol. The Morgan fingerprint density at radius 3 is 2.39 bits per heavy atom. The predicted molar refractivity (Wildman–Crippen MR) is 70.6 cm³/mol. The van der Waals surface area contributed by atoms with Crippen LogP contribution in [0.15, 0.2) is 54.6 Å². The first kappa shape index (κ1) is 11.9. The van der Waals surface area contributed by atoms with E-state index in [-0.39, 0.29) is 0 Å². The van der Waals surface area contributed by atoms with E-state index in [0.717, 1.165) is 11.8 Å². The molecule has 0 aromatic heterocycles. The van der Waals surface area contributed by atoms with Crippen molar-refractivity contribution in [3.63, 3.8) is 0 Å². The zero-order chi connectivity index (χ0) is 12.6. The van der Waals surface area contributed by atoms with Gasteiger partial charge in [-0.1, -0.05) is 30.0 Å². The summed E-state index contributed by atoms with van der Waals surface area (Å²) >= 11 is 0. The molecule has 2 nitrogen and oxygen atoms in total. The maximum atomic E-state index is 10.5. The van der Waals surface area contributed by atoms with Crippen molar-refractivity contribution in [2.75, 3.05) is 6.61 Å². The van der Waals surface area contributed by atoms with Crippen LogP contribution in [0, 0.1) is 11.8 Å². The van der Waals surface area contributed by atoms with Gasteiger partial charge in [0.25, 0.3) is 0 Å². The van der Waals surface area contributed by atoms with E-state index in [9.17, 15) is 4.79 Å². The van der Waals surface area contributed by atoms with Crippen LogP contribution in [0.1, 0.15) is 15.9 Å². The first-order valence-electron chi connectivity index (χ1n) is 5.60. The molecule has 0 bridgehead atoms. The highest BCUT2D eigenvalue weighted by Gasteiger charge is 1.92. The molecule has 0 fully saturated rings. The molecule has 0 aliphatic carbocycles. The fourth-order valence-corrected chi connectivity index (χ4v) is 1.42. The molecule has 0 amide bonds. The summed E-state index contributed by atoms with van der Waals surface area (Å²) in [6.45, 7) is 0.329. The quantitative estimate of drug-likeness (QED) is 0.605. The lowest BCUT2D eigenvalue weighted by Crippen LogP contribution is -1.94. The van der Waals surface area contributed by atoms with Crippen molar-refractivity contribution < 1.29 is 9.53 Å². The third-order valence-electron chi connectivity index (χ3n) is 2.33. The molecular formula is C16H12O2. The van der Waals surface area contributed by atoms with Crippen molar-refractivity contribution in [3.05, 3.63) is 65.7 Å². The summed E-state index contributed by atoms with van der Waals surface area (Å²) in [5.41, 5.74) is 1.61. The molecule has 0 spiro atoms. The number of carbonyl (C=O) groups excluding carboxylic acids is 1. The van der Waals surface area contributed by atoms with E-state index >= 15 is 0 Å². The van der Waals surface area contributed by atoms with E-state index in [0.29, 0.717) is 17.9 Å². The van der Waals surface area contributed by atoms with E-state index in [1.54, 1.807) is 24.3 Å². The van der Waals surface area contributed by atoms with Crippen molar-refractivity contribution in [1.82, 2.24) is 0 Å². The molecule has 18 heavy (non-hydrogen) atoms. The molecule has 0 saturated heterocycles. The molecule has 0 N–H and O–H groups in total. The maximum absolute atomic E-state index is 10.5. The fraction of sp³-hybridized carbons (Fsp3) is 0.0625. The summed E-state index contributed by atoms with van der Waals surface area (Å²) in [5.74, 6) is 6.65. The molecule has 0 saturated carbocycles. The van der Waals surface area contributed by atoms with Crippen LogP contribution in [0.4, 0.5) is 0 Å². The number of hydrogen-bond acceptors (Lipinski definition) is 2. The van der Waals surface area contributed by atoms with Gasteiger partial charge in [0.05, 0.1) is 0 Å². The third-order valence-corrected chi connectivity index (χ3v) is 2.33. The van der Waals surface area contributed by atoms with Crippen LogP contribution in [0.5, 0.6) is 5.75 Å². The summed E-state index contributed by atoms with van der Waals surface area (Å²) in [7, 11) is 0. The molecule has 0 aliphatic heterocycles. The van der Waals surface area contributed by atoms with Crippen molar-refractivity contribution in [2.45, 2.75) is 0 Å². The van der Waals surface area contributed by atoms with Gasteiger partial charge in [-0.05, 0) is 36.4 Å². The monoisotopic (exact) mass is 236 g/mol. The van der Waals surface area contributed by atoms with Crippen molar-refractivity contribution in [2.24, 2.45) is 0 Å². The Labute approximate surface area is 106 Å². The summed E-state index contributed by atoms with van der Waals surface area (Å²) in [6.07, 6.45) is 0.805. The first-order valence-corrected chi connectivity index (χ1v) is 5.60. The molecule has 2 aromatic carbocycles. The molecule has 2 rings (SSSR count). The topological polar surface area (TPSA) is 26.3 Å². The first-order chi connectivity index (χ1) is 8.88. The van der Waals surface area contributed by atoms with Crippen LogP contribution in [-0.4, -0.2) is 12.9 Å². The van der Waals surface area contributed by atoms with Gasteiger partial charge >= 0.3 is 0 Å². The second-order valence-electron chi connectivity index (χ2n) is 3.64. The van der Waals surface area contributed by atoms with Crippen molar-refractivity contribution in [1.29, 1.82) is 0 Å². The highest BCUT2D eigenvalue weighted by molar-refractivity contribution is 5.74. The Hall–Kier alpha value is -2.53. The van der Waals surface area contributed by atoms with E-state index < -0.39 is 0 Å². The molecule has 88 valence electrons. The molecule has 2 aromatic rings. The van der Waals surface area contributed by atoms with Gasteiger partial charge in [-0.15, -0.1) is 0 Å². The van der Waals surface area contributed by atoms with E-state index in [1.165, 1.54) is 0 Å². The Bertz CT molecular complexity index is 560. The predicted octanol–water partition coefficient (Wildman–Crippen LogP) is 2.93. The smallest absolute Gasteiger partial charge is 0.150 e. The third kappa shape index (κ3) is 3.50. The standard InChI is InChI=1S/C16H12O2/c17-13-15-8-10-16(11-9-15)18-12-4-7-14-5-2-1-3-6-14/h1-3,5-6,8-11,13H,12H2. The van der Waals surface area contributed by atoms with Gasteiger partial charge in [-0.3, -0.25) is 4.79 Å². The van der Waals surface area contributed by atoms with Gasteiger partial charge < -0.3 is 4.74 Å². The van der Waals surface area contributed by atoms with Gasteiger partial charge in [0, 0.05) is 11.1 Å². The number of carbonyl (C=O) groups is 1. The summed E-state index contributed by atoms with van der Waals surface area (Å²) < 4.78 is 5.44. The minimum absolute atomic E-state index is 0.329. The number of aldehydes is 1. The second-order valence-corrected chi connectivity index (χ2v) is 3.64. The van der Waals surface area contributed by atoms with Crippen LogP contribution in [0.3, 0.4) is 0 Å². The Morgan fingerprint density at radius 1 is 1.00 bits per heavy atom. The van der Waals surface area contributed by atoms with Crippen LogP contribution < -0.4 is 4.74 Å². The van der Waals surface area contributed by atoms with Gasteiger partial charge in [-0.2, -0.15) is 0 Å². The SMILES string of the molecule is O=Cc1ccc(OCC#Cc2ccccc2)cc1. The van der Waals surface area contributed by atoms with Crippen LogP contribution in [0.2, 0.25) is 0 Å². The van der Waals surface area contributed by atoms with Gasteiger partial charge in [0.15, 0.2) is 0 Å². The summed E-state index contributed by atoms with van der Waals surface area (Å²) in [5, 5.41) is 0. The zero-order valence-electron chi connectivity index (χ0n) is 9.80. The molecule has 0 atom stereocenters. The van der Waals surface area contributed by atoms with Gasteiger partial charge in [-0.25, -0.2) is 0 Å². The Kier molecular flexibility index (Phi) is 4.16. The van der Waals surface area contributed by atoms with Crippen LogP contribution in [-0.2, 0) is 0 Å². The Balaban J connectivity index is 1.88. The largest absolute Gasteiger partial charge is 0.481 e. The van der Waals surface area contributed by atoms with Crippen LogP contribution >= 0.6 is 0 Å². The van der Waals surface area contributed by atoms with Crippen molar-refractivity contribution >= 4 is 6.29 Å². The summed E-state index contributed by atoms with van der Waals surface area (Å²) in [4.78, 5) is 10.5. The molecule has 2 heteroatoms. The van der Waals surface area contributed by atoms with Crippen LogP contribution in [0.25, 0.3) is 0 Å². The summed E-state index contributed by atoms with van der Waals surface area (Å²) in [6, 6.07) is 16.7. The number of benzene rings is 2. The molecule has 0 aliphatic rings. The average Bonchev–Trinajstić information content (AvgIpc) is 2.45. The highest BCUT2D eigenvalue weighted by atomic mass is 16.5. The molecule has 0 heterocycles. The van der Waals surface area contributed by atoms with E-state index in [1.807, 2.05) is 30.3 Å². The number of ether oxygens (including phenoxy) is 1. The maximum Gasteiger partial charge on any atom is 0.150 e. The zero-order valence-corrected chi connectivity index (χ0v) is 9.80. The highest BCUT2D eigenvalue weighted by Crippen LogP contribution is 2.10. The lowest BCUT2D eigenvalue weighted by Gasteiger charge is -2.00.